The van der Waals surface area contributed by atoms with Crippen LogP contribution in [0.15, 0.2) is 42.9 Å². The number of hydrogen-bond acceptors (Lipinski definition) is 5. The van der Waals surface area contributed by atoms with Gasteiger partial charge in [0.2, 0.25) is 0 Å². The second-order valence-corrected chi connectivity index (χ2v) is 6.54. The molecule has 3 aromatic rings. The second kappa shape index (κ2) is 8.38. The third kappa shape index (κ3) is 4.57. The lowest BCUT2D eigenvalue weighted by Crippen LogP contribution is -2.18. The van der Waals surface area contributed by atoms with Crippen LogP contribution < -0.4 is 4.72 Å². The average Bonchev–Trinajstić information content (AvgIpc) is 2.66. The fraction of sp³-hybridized carbons (Fsp3) is 0.167. The largest absolute Gasteiger partial charge is 0.760 e. The molecule has 0 bridgehead atoms. The van der Waals surface area contributed by atoms with E-state index in [0.29, 0.717) is 10.9 Å². The van der Waals surface area contributed by atoms with E-state index < -0.39 is 28.7 Å². The summed E-state index contributed by atoms with van der Waals surface area (Å²) in [5.41, 5.74) is 0.462. The molecular weight excluding hydrogens is 376 g/mol. The van der Waals surface area contributed by atoms with E-state index >= 15 is 0 Å². The molecule has 0 aliphatic heterocycles. The molecule has 1 aromatic heterocycles. The van der Waals surface area contributed by atoms with Crippen molar-refractivity contribution in [1.29, 1.82) is 0 Å². The van der Waals surface area contributed by atoms with Crippen LogP contribution in [0.4, 0.5) is 8.78 Å². The van der Waals surface area contributed by atoms with Gasteiger partial charge < -0.3 is 4.55 Å². The predicted molar refractivity (Wildman–Crippen MR) is 94.6 cm³/mol. The van der Waals surface area contributed by atoms with E-state index in [0.717, 1.165) is 12.1 Å². The molecule has 0 saturated heterocycles. The molecule has 0 amide bonds. The highest BCUT2D eigenvalue weighted by Gasteiger charge is 2.19. The Labute approximate surface area is 156 Å². The zero-order valence-electron chi connectivity index (χ0n) is 13.9. The third-order valence-corrected chi connectivity index (χ3v) is 4.41. The van der Waals surface area contributed by atoms with Gasteiger partial charge in [0.15, 0.2) is 5.78 Å². The van der Waals surface area contributed by atoms with Gasteiger partial charge in [-0.25, -0.2) is 23.5 Å². The summed E-state index contributed by atoms with van der Waals surface area (Å²) in [5.74, 6) is -2.20. The smallest absolute Gasteiger partial charge is 0.196 e. The minimum absolute atomic E-state index is 0.0148. The van der Waals surface area contributed by atoms with Gasteiger partial charge in [-0.2, -0.15) is 0 Å². The summed E-state index contributed by atoms with van der Waals surface area (Å²) in [6, 6.07) is 6.49. The molecule has 1 N–H and O–H groups in total. The molecular formula is C18H14F2N3O3S-. The summed E-state index contributed by atoms with van der Waals surface area (Å²) in [6.45, 7) is 0.0834. The average molecular weight is 390 g/mol. The van der Waals surface area contributed by atoms with Crippen molar-refractivity contribution in [3.63, 3.8) is 0 Å². The maximum Gasteiger partial charge on any atom is 0.196 e. The van der Waals surface area contributed by atoms with Gasteiger partial charge in [-0.05, 0) is 48.7 Å². The third-order valence-electron chi connectivity index (χ3n) is 3.97. The summed E-state index contributed by atoms with van der Waals surface area (Å²) < 4.78 is 51.7. The molecule has 140 valence electrons. The molecule has 0 spiro atoms. The van der Waals surface area contributed by atoms with Crippen LogP contribution in [0.25, 0.3) is 10.9 Å². The van der Waals surface area contributed by atoms with Gasteiger partial charge in [0.05, 0.1) is 11.1 Å². The first-order valence-electron chi connectivity index (χ1n) is 8.01. The van der Waals surface area contributed by atoms with Gasteiger partial charge in [0.25, 0.3) is 0 Å². The van der Waals surface area contributed by atoms with Crippen molar-refractivity contribution in [2.24, 2.45) is 0 Å². The number of halogens is 2. The Hall–Kier alpha value is -2.62. The minimum Gasteiger partial charge on any atom is -0.760 e. The summed E-state index contributed by atoms with van der Waals surface area (Å²) in [5, 5.41) is 0.608. The van der Waals surface area contributed by atoms with E-state index in [1.807, 2.05) is 0 Å². The van der Waals surface area contributed by atoms with Crippen molar-refractivity contribution >= 4 is 28.0 Å². The SMILES string of the molecule is O=C(c1ccc2ncncc2c1)c1cc(F)cc(CCCNS(=O)[O-])c1F. The van der Waals surface area contributed by atoms with Crippen molar-refractivity contribution in [1.82, 2.24) is 14.7 Å². The van der Waals surface area contributed by atoms with Gasteiger partial charge in [-0.1, -0.05) is 0 Å². The van der Waals surface area contributed by atoms with Crippen molar-refractivity contribution in [3.8, 4) is 0 Å². The zero-order valence-corrected chi connectivity index (χ0v) is 14.8. The second-order valence-electron chi connectivity index (χ2n) is 5.78. The highest BCUT2D eigenvalue weighted by atomic mass is 32.2. The number of hydrogen-bond donors (Lipinski definition) is 1. The van der Waals surface area contributed by atoms with Gasteiger partial charge >= 0.3 is 0 Å². The molecule has 6 nitrogen and oxygen atoms in total. The van der Waals surface area contributed by atoms with Crippen LogP contribution in [0.2, 0.25) is 0 Å². The molecule has 0 fully saturated rings. The minimum atomic E-state index is -2.41. The maximum atomic E-state index is 14.7. The molecule has 9 heteroatoms. The highest BCUT2D eigenvalue weighted by molar-refractivity contribution is 7.77. The number of carbonyl (C=O) groups excluding carboxylic acids is 1. The van der Waals surface area contributed by atoms with Crippen LogP contribution in [0.5, 0.6) is 0 Å². The fourth-order valence-corrected chi connectivity index (χ4v) is 3.02. The highest BCUT2D eigenvalue weighted by Crippen LogP contribution is 2.22. The Kier molecular flexibility index (Phi) is 5.94. The normalized spacial score (nSPS) is 12.3. The zero-order chi connectivity index (χ0) is 19.4. The predicted octanol–water partition coefficient (Wildman–Crippen LogP) is 2.46. The lowest BCUT2D eigenvalue weighted by molar-refractivity contribution is 0.103. The standard InChI is InChI=1S/C18H15F2N3O3S/c19-14-7-11(2-1-5-23-27(25)26)17(20)15(8-14)18(24)12-3-4-16-13(6-12)9-21-10-22-16/h3-4,6-10,23H,1-2,5H2,(H,25,26)/p-1. The number of aromatic nitrogens is 2. The summed E-state index contributed by atoms with van der Waals surface area (Å²) in [7, 11) is 0. The molecule has 1 unspecified atom stereocenters. The number of benzene rings is 2. The molecule has 0 aliphatic carbocycles. The number of carbonyl (C=O) groups is 1. The lowest BCUT2D eigenvalue weighted by atomic mass is 9.97. The fourth-order valence-electron chi connectivity index (χ4n) is 2.71. The van der Waals surface area contributed by atoms with E-state index in [4.69, 9.17) is 0 Å². The number of nitrogens with one attached hydrogen (secondary N) is 1. The van der Waals surface area contributed by atoms with Crippen molar-refractivity contribution < 1.29 is 22.3 Å². The number of fused-ring (bicyclic) bond motifs is 1. The number of aryl methyl sites for hydroxylation is 1. The summed E-state index contributed by atoms with van der Waals surface area (Å²) in [6.07, 6.45) is 3.24. The van der Waals surface area contributed by atoms with Gasteiger partial charge in [-0.3, -0.25) is 9.00 Å². The Morgan fingerprint density at radius 1 is 1.22 bits per heavy atom. The number of nitrogens with zero attached hydrogens (tertiary/aromatic N) is 2. The van der Waals surface area contributed by atoms with Crippen LogP contribution in [0, 0.1) is 11.6 Å². The molecule has 0 aliphatic rings. The summed E-state index contributed by atoms with van der Waals surface area (Å²) >= 11 is -2.41. The Morgan fingerprint density at radius 3 is 2.81 bits per heavy atom. The molecule has 1 atom stereocenters. The van der Waals surface area contributed by atoms with Crippen molar-refractivity contribution in [2.75, 3.05) is 6.54 Å². The topological polar surface area (TPSA) is 95.0 Å². The Morgan fingerprint density at radius 2 is 2.04 bits per heavy atom. The van der Waals surface area contributed by atoms with Crippen LogP contribution in [0.1, 0.15) is 27.9 Å². The molecule has 2 aromatic carbocycles. The molecule has 0 radical (unpaired) electrons. The molecule has 27 heavy (non-hydrogen) atoms. The first kappa shape index (κ1) is 19.2. The van der Waals surface area contributed by atoms with Crippen LogP contribution in [0.3, 0.4) is 0 Å². The van der Waals surface area contributed by atoms with Gasteiger partial charge in [0.1, 0.15) is 18.0 Å². The van der Waals surface area contributed by atoms with Crippen LogP contribution in [-0.2, 0) is 17.7 Å². The van der Waals surface area contributed by atoms with Crippen LogP contribution >= 0.6 is 0 Å². The quantitative estimate of drug-likeness (QED) is 0.380. The first-order valence-corrected chi connectivity index (χ1v) is 9.08. The van der Waals surface area contributed by atoms with Crippen molar-refractivity contribution in [3.05, 3.63) is 71.2 Å². The number of ketones is 1. The van der Waals surface area contributed by atoms with Crippen molar-refractivity contribution in [2.45, 2.75) is 12.8 Å². The Bertz CT molecular complexity index is 1030. The number of rotatable bonds is 7. The summed E-state index contributed by atoms with van der Waals surface area (Å²) in [4.78, 5) is 20.6. The lowest BCUT2D eigenvalue weighted by Gasteiger charge is -2.10. The molecule has 3 rings (SSSR count). The molecule has 1 heterocycles. The van der Waals surface area contributed by atoms with E-state index in [-0.39, 0.29) is 36.1 Å². The molecule has 0 saturated carbocycles. The van der Waals surface area contributed by atoms with Gasteiger partial charge in [0, 0.05) is 35.0 Å². The monoisotopic (exact) mass is 390 g/mol. The maximum absolute atomic E-state index is 14.7. The first-order chi connectivity index (χ1) is 13.0. The Balaban J connectivity index is 1.88. The van der Waals surface area contributed by atoms with E-state index in [2.05, 4.69) is 14.7 Å². The van der Waals surface area contributed by atoms with E-state index in [1.165, 1.54) is 24.7 Å². The van der Waals surface area contributed by atoms with E-state index in [1.54, 1.807) is 6.07 Å². The van der Waals surface area contributed by atoms with E-state index in [9.17, 15) is 22.3 Å². The van der Waals surface area contributed by atoms with Crippen LogP contribution in [-0.4, -0.2) is 31.1 Å². The van der Waals surface area contributed by atoms with Gasteiger partial charge in [-0.15, -0.1) is 0 Å².